The third-order valence-corrected chi connectivity index (χ3v) is 7.16. The molecule has 0 aliphatic carbocycles. The van der Waals surface area contributed by atoms with Crippen LogP contribution < -0.4 is 0 Å². The summed E-state index contributed by atoms with van der Waals surface area (Å²) < 4.78 is 0. The lowest BCUT2D eigenvalue weighted by molar-refractivity contribution is 0.154. The van der Waals surface area contributed by atoms with Crippen LogP contribution in [0.1, 0.15) is 112 Å². The van der Waals surface area contributed by atoms with Gasteiger partial charge in [0.1, 0.15) is 0 Å². The molecular formula is C34H56. The van der Waals surface area contributed by atoms with Crippen LogP contribution in [-0.2, 0) is 12.8 Å². The minimum Gasteiger partial charge on any atom is -0.0958 e. The highest BCUT2D eigenvalue weighted by molar-refractivity contribution is 5.28. The molecule has 3 atom stereocenters. The van der Waals surface area contributed by atoms with Crippen molar-refractivity contribution < 1.29 is 0 Å². The summed E-state index contributed by atoms with van der Waals surface area (Å²) in [5, 5.41) is 0. The Bertz CT molecular complexity index is 773. The molecule has 0 N–H and O–H groups in total. The molecule has 1 rings (SSSR count). The molecule has 0 spiro atoms. The van der Waals surface area contributed by atoms with Gasteiger partial charge in [-0.05, 0) is 85.2 Å². The fraction of sp³-hybridized carbons (Fsp3) is 0.647. The standard InChI is InChI=1S/C34H56/c1-12-14-32(34(9,10)11)28(5)24-29(13-2)17-15-26(3)16-18-30-19-21-31(22-20-30)23-27(4)25-33(6,7)8/h13,15,17,19-22,27-28,32H,3,12,14,16,18,23-25H2,1-2,4-11H3. The van der Waals surface area contributed by atoms with E-state index < -0.39 is 0 Å². The van der Waals surface area contributed by atoms with Crippen molar-refractivity contribution in [3.63, 3.8) is 0 Å². The maximum Gasteiger partial charge on any atom is -0.0238 e. The quantitative estimate of drug-likeness (QED) is 0.255. The fourth-order valence-corrected chi connectivity index (χ4v) is 5.65. The smallest absolute Gasteiger partial charge is 0.0238 e. The number of hydrogen-bond donors (Lipinski definition) is 0. The van der Waals surface area contributed by atoms with E-state index in [0.29, 0.717) is 16.7 Å². The number of benzene rings is 1. The second-order valence-corrected chi connectivity index (χ2v) is 13.2. The van der Waals surface area contributed by atoms with Crippen molar-refractivity contribution in [2.24, 2.45) is 28.6 Å². The van der Waals surface area contributed by atoms with Crippen molar-refractivity contribution in [1.82, 2.24) is 0 Å². The van der Waals surface area contributed by atoms with Crippen LogP contribution in [0.15, 0.2) is 60.2 Å². The Morgan fingerprint density at radius 3 is 2.03 bits per heavy atom. The largest absolute Gasteiger partial charge is 0.0958 e. The van der Waals surface area contributed by atoms with Gasteiger partial charge in [-0.1, -0.05) is 129 Å². The van der Waals surface area contributed by atoms with Crippen molar-refractivity contribution in [2.75, 3.05) is 0 Å². The van der Waals surface area contributed by atoms with Gasteiger partial charge in [-0.2, -0.15) is 0 Å². The Labute approximate surface area is 214 Å². The molecule has 0 radical (unpaired) electrons. The SMILES string of the molecule is C=C(C=CC(=CC)CC(C)C(CCC)C(C)(C)C)CCc1ccc(CC(C)CC(C)(C)C)cc1. The van der Waals surface area contributed by atoms with Gasteiger partial charge >= 0.3 is 0 Å². The lowest BCUT2D eigenvalue weighted by atomic mass is 9.70. The van der Waals surface area contributed by atoms with Gasteiger partial charge < -0.3 is 0 Å². The molecule has 192 valence electrons. The summed E-state index contributed by atoms with van der Waals surface area (Å²) in [6.45, 7) is 27.8. The highest BCUT2D eigenvalue weighted by atomic mass is 14.3. The van der Waals surface area contributed by atoms with Gasteiger partial charge in [-0.25, -0.2) is 0 Å². The number of allylic oxidation sites excluding steroid dienone is 5. The van der Waals surface area contributed by atoms with Crippen molar-refractivity contribution in [3.8, 4) is 0 Å². The lowest BCUT2D eigenvalue weighted by Gasteiger charge is -2.36. The van der Waals surface area contributed by atoms with E-state index in [1.54, 1.807) is 0 Å². The van der Waals surface area contributed by atoms with Crippen LogP contribution in [0.5, 0.6) is 0 Å². The van der Waals surface area contributed by atoms with E-state index >= 15 is 0 Å². The Morgan fingerprint density at radius 1 is 0.941 bits per heavy atom. The third kappa shape index (κ3) is 12.2. The normalized spacial score (nSPS) is 16.0. The molecular weight excluding hydrogens is 408 g/mol. The van der Waals surface area contributed by atoms with Crippen LogP contribution in [0.3, 0.4) is 0 Å². The first kappa shape index (κ1) is 30.5. The summed E-state index contributed by atoms with van der Waals surface area (Å²) in [6.07, 6.45) is 15.1. The van der Waals surface area contributed by atoms with Crippen LogP contribution in [0, 0.1) is 28.6 Å². The molecule has 0 heteroatoms. The second-order valence-electron chi connectivity index (χ2n) is 13.2. The van der Waals surface area contributed by atoms with Crippen molar-refractivity contribution in [1.29, 1.82) is 0 Å². The minimum atomic E-state index is 0.363. The third-order valence-electron chi connectivity index (χ3n) is 7.16. The predicted molar refractivity (Wildman–Crippen MR) is 155 cm³/mol. The Kier molecular flexibility index (Phi) is 12.6. The van der Waals surface area contributed by atoms with Crippen LogP contribution in [0.25, 0.3) is 0 Å². The molecule has 0 nitrogen and oxygen atoms in total. The number of hydrogen-bond acceptors (Lipinski definition) is 0. The monoisotopic (exact) mass is 464 g/mol. The molecule has 0 amide bonds. The average molecular weight is 465 g/mol. The Morgan fingerprint density at radius 2 is 1.53 bits per heavy atom. The lowest BCUT2D eigenvalue weighted by Crippen LogP contribution is -2.27. The molecule has 0 saturated heterocycles. The van der Waals surface area contributed by atoms with E-state index in [4.69, 9.17) is 0 Å². The summed E-state index contributed by atoms with van der Waals surface area (Å²) in [5.41, 5.74) is 6.30. The number of aryl methyl sites for hydroxylation is 1. The zero-order valence-electron chi connectivity index (χ0n) is 24.4. The van der Waals surface area contributed by atoms with Gasteiger partial charge in [0.15, 0.2) is 0 Å². The van der Waals surface area contributed by atoms with Crippen LogP contribution in [-0.4, -0.2) is 0 Å². The van der Waals surface area contributed by atoms with Gasteiger partial charge in [0.2, 0.25) is 0 Å². The Hall–Kier alpha value is -1.56. The molecule has 0 aliphatic rings. The number of rotatable bonds is 13. The molecule has 0 fully saturated rings. The van der Waals surface area contributed by atoms with Gasteiger partial charge in [0, 0.05) is 0 Å². The van der Waals surface area contributed by atoms with Gasteiger partial charge in [0.25, 0.3) is 0 Å². The molecule has 1 aromatic carbocycles. The van der Waals surface area contributed by atoms with Crippen LogP contribution in [0.4, 0.5) is 0 Å². The summed E-state index contributed by atoms with van der Waals surface area (Å²) in [4.78, 5) is 0. The predicted octanol–water partition coefficient (Wildman–Crippen LogP) is 10.8. The summed E-state index contributed by atoms with van der Waals surface area (Å²) >= 11 is 0. The van der Waals surface area contributed by atoms with Gasteiger partial charge in [-0.15, -0.1) is 0 Å². The van der Waals surface area contributed by atoms with Crippen molar-refractivity contribution in [2.45, 2.75) is 114 Å². The first-order valence-corrected chi connectivity index (χ1v) is 13.8. The zero-order chi connectivity index (χ0) is 25.9. The maximum atomic E-state index is 4.34. The minimum absolute atomic E-state index is 0.363. The zero-order valence-corrected chi connectivity index (χ0v) is 24.4. The van der Waals surface area contributed by atoms with Crippen molar-refractivity contribution in [3.05, 3.63) is 71.3 Å². The fourth-order valence-electron chi connectivity index (χ4n) is 5.65. The summed E-state index contributed by atoms with van der Waals surface area (Å²) in [5.74, 6) is 2.16. The molecule has 3 unspecified atom stereocenters. The van der Waals surface area contributed by atoms with E-state index in [9.17, 15) is 0 Å². The van der Waals surface area contributed by atoms with E-state index in [1.807, 2.05) is 0 Å². The summed E-state index contributed by atoms with van der Waals surface area (Å²) in [6, 6.07) is 9.29. The first-order chi connectivity index (χ1) is 15.7. The molecule has 0 heterocycles. The molecule has 0 saturated carbocycles. The Balaban J connectivity index is 2.58. The van der Waals surface area contributed by atoms with Gasteiger partial charge in [0.05, 0.1) is 0 Å². The van der Waals surface area contributed by atoms with E-state index in [-0.39, 0.29) is 0 Å². The molecule has 0 aromatic heterocycles. The van der Waals surface area contributed by atoms with E-state index in [0.717, 1.165) is 31.1 Å². The molecule has 0 bridgehead atoms. The molecule has 34 heavy (non-hydrogen) atoms. The topological polar surface area (TPSA) is 0 Å². The van der Waals surface area contributed by atoms with E-state index in [1.165, 1.54) is 48.0 Å². The highest BCUT2D eigenvalue weighted by Gasteiger charge is 2.28. The van der Waals surface area contributed by atoms with E-state index in [2.05, 4.69) is 118 Å². The van der Waals surface area contributed by atoms with Crippen LogP contribution in [0.2, 0.25) is 0 Å². The maximum absolute atomic E-state index is 4.34. The van der Waals surface area contributed by atoms with Crippen LogP contribution >= 0.6 is 0 Å². The van der Waals surface area contributed by atoms with Gasteiger partial charge in [-0.3, -0.25) is 0 Å². The average Bonchev–Trinajstić information content (AvgIpc) is 2.72. The highest BCUT2D eigenvalue weighted by Crippen LogP contribution is 2.38. The van der Waals surface area contributed by atoms with Crippen molar-refractivity contribution >= 4 is 0 Å². The molecule has 1 aromatic rings. The first-order valence-electron chi connectivity index (χ1n) is 13.8. The second kappa shape index (κ2) is 14.1. The molecule has 0 aliphatic heterocycles. The summed E-state index contributed by atoms with van der Waals surface area (Å²) in [7, 11) is 0.